The van der Waals surface area contributed by atoms with Crippen molar-refractivity contribution in [2.45, 2.75) is 63.3 Å². The Morgan fingerprint density at radius 1 is 1.05 bits per heavy atom. The van der Waals surface area contributed by atoms with Crippen LogP contribution < -0.4 is 10.2 Å². The molecule has 3 aromatic rings. The third-order valence-corrected chi connectivity index (χ3v) is 8.19. The number of amides is 1. The molecule has 1 amide bonds. The zero-order valence-corrected chi connectivity index (χ0v) is 22.6. The Bertz CT molecular complexity index is 1640. The zero-order chi connectivity index (χ0) is 27.2. The predicted molar refractivity (Wildman–Crippen MR) is 153 cm³/mol. The van der Waals surface area contributed by atoms with Gasteiger partial charge in [0.05, 0.1) is 24.0 Å². The maximum Gasteiger partial charge on any atom is 0.256 e. The summed E-state index contributed by atoms with van der Waals surface area (Å²) in [7, 11) is 2.02. The van der Waals surface area contributed by atoms with Crippen LogP contribution in [0.15, 0.2) is 67.1 Å². The number of benzene rings is 1. The molecule has 2 atom stereocenters. The fraction of sp³-hybridized carbons (Fsp3) is 0.355. The zero-order valence-electron chi connectivity index (χ0n) is 22.6. The molecule has 7 rings (SSSR count). The molecule has 9 heteroatoms. The molecule has 0 saturated heterocycles. The van der Waals surface area contributed by atoms with Gasteiger partial charge in [-0.05, 0) is 43.4 Å². The molecule has 2 aromatic heterocycles. The van der Waals surface area contributed by atoms with Crippen LogP contribution in [0.4, 0.5) is 5.82 Å². The molecule has 0 unspecified atom stereocenters. The number of aliphatic hydroxyl groups excluding tert-OH is 1. The minimum Gasteiger partial charge on any atom is -0.391 e. The lowest BCUT2D eigenvalue weighted by molar-refractivity contribution is 0.0756. The van der Waals surface area contributed by atoms with Crippen LogP contribution in [0.25, 0.3) is 28.3 Å². The van der Waals surface area contributed by atoms with Crippen molar-refractivity contribution in [3.05, 3.63) is 78.2 Å². The monoisotopic (exact) mass is 535 g/mol. The van der Waals surface area contributed by atoms with E-state index in [0.717, 1.165) is 67.0 Å². The lowest BCUT2D eigenvalue weighted by Crippen LogP contribution is -2.28. The van der Waals surface area contributed by atoms with Gasteiger partial charge in [0.15, 0.2) is 5.65 Å². The molecule has 204 valence electrons. The molecule has 1 aromatic carbocycles. The number of hydrogen-bond donors (Lipinski definition) is 2. The van der Waals surface area contributed by atoms with Crippen LogP contribution in [0.2, 0.25) is 0 Å². The molecule has 0 spiro atoms. The normalized spacial score (nSPS) is 19.2. The smallest absolute Gasteiger partial charge is 0.256 e. The van der Waals surface area contributed by atoms with Gasteiger partial charge in [0.1, 0.15) is 17.2 Å². The van der Waals surface area contributed by atoms with Crippen LogP contribution in [-0.2, 0) is 6.54 Å². The second kappa shape index (κ2) is 10.1. The average molecular weight is 536 g/mol. The van der Waals surface area contributed by atoms with Crippen molar-refractivity contribution in [2.24, 2.45) is 0 Å². The summed E-state index contributed by atoms with van der Waals surface area (Å²) in [6, 6.07) is 16.6. The quantitative estimate of drug-likeness (QED) is 0.313. The van der Waals surface area contributed by atoms with E-state index >= 15 is 0 Å². The first kappa shape index (κ1) is 24.8. The summed E-state index contributed by atoms with van der Waals surface area (Å²) in [5.41, 5.74) is 4.74. The highest BCUT2D eigenvalue weighted by molar-refractivity contribution is 6.00. The molecule has 40 heavy (non-hydrogen) atoms. The Morgan fingerprint density at radius 2 is 1.88 bits per heavy atom. The minimum atomic E-state index is -0.378. The van der Waals surface area contributed by atoms with Crippen molar-refractivity contribution in [1.29, 1.82) is 0 Å². The standard InChI is InChI=1S/C31H33N7O2/c1-36(19-20-8-3-2-4-9-20)28-16-25(35-30-24(18-33-38(28)30)31(40)34-21-13-14-21)23-17-32-29-22(23)10-7-15-37(29)26-11-5-6-12-27(26)39/h2-4,7-10,15-18,21,26-27,39H,5-6,11-14,19H2,1H3,(H,34,40)/t26-,27-/m1/s1. The van der Waals surface area contributed by atoms with Crippen LogP contribution in [-0.4, -0.2) is 54.4 Å². The van der Waals surface area contributed by atoms with E-state index in [1.807, 2.05) is 49.8 Å². The van der Waals surface area contributed by atoms with Gasteiger partial charge in [-0.3, -0.25) is 4.79 Å². The number of anilines is 1. The van der Waals surface area contributed by atoms with Crippen molar-refractivity contribution in [3.63, 3.8) is 0 Å². The molecule has 4 heterocycles. The summed E-state index contributed by atoms with van der Waals surface area (Å²) in [6.45, 7) is 0.669. The van der Waals surface area contributed by atoms with Crippen LogP contribution in [0.5, 0.6) is 0 Å². The number of carbonyl (C=O) groups is 1. The first-order valence-electron chi connectivity index (χ1n) is 14.2. The maximum atomic E-state index is 13.1. The highest BCUT2D eigenvalue weighted by Crippen LogP contribution is 2.38. The number of nitrogens with one attached hydrogen (secondary N) is 1. The third-order valence-electron chi connectivity index (χ3n) is 8.19. The lowest BCUT2D eigenvalue weighted by Gasteiger charge is -2.31. The molecule has 2 aliphatic carbocycles. The first-order valence-corrected chi connectivity index (χ1v) is 14.2. The summed E-state index contributed by atoms with van der Waals surface area (Å²) < 4.78 is 3.88. The Morgan fingerprint density at radius 3 is 2.67 bits per heavy atom. The van der Waals surface area contributed by atoms with Gasteiger partial charge in [-0.25, -0.2) is 9.97 Å². The second-order valence-corrected chi connectivity index (χ2v) is 11.1. The number of aromatic nitrogens is 5. The Balaban J connectivity index is 1.33. The molecule has 2 fully saturated rings. The van der Waals surface area contributed by atoms with Gasteiger partial charge in [0, 0.05) is 49.2 Å². The van der Waals surface area contributed by atoms with E-state index in [1.54, 1.807) is 10.7 Å². The fourth-order valence-corrected chi connectivity index (χ4v) is 5.89. The third kappa shape index (κ3) is 4.50. The van der Waals surface area contributed by atoms with Gasteiger partial charge in [-0.1, -0.05) is 43.2 Å². The van der Waals surface area contributed by atoms with E-state index < -0.39 is 0 Å². The molecule has 0 bridgehead atoms. The second-order valence-electron chi connectivity index (χ2n) is 11.1. The first-order chi connectivity index (χ1) is 19.6. The number of nitrogens with zero attached hydrogens (tertiary/aromatic N) is 6. The van der Waals surface area contributed by atoms with Gasteiger partial charge in [0.2, 0.25) is 0 Å². The van der Waals surface area contributed by atoms with Crippen LogP contribution in [0, 0.1) is 0 Å². The number of fused-ring (bicyclic) bond motifs is 2. The van der Waals surface area contributed by atoms with Gasteiger partial charge < -0.3 is 19.9 Å². The molecule has 4 aliphatic rings. The van der Waals surface area contributed by atoms with Crippen molar-refractivity contribution >= 4 is 17.4 Å². The summed E-state index contributed by atoms with van der Waals surface area (Å²) in [5.74, 6) is 1.52. The number of pyridine rings is 1. The number of carbonyl (C=O) groups excluding carboxylic acids is 1. The van der Waals surface area contributed by atoms with Crippen molar-refractivity contribution in [3.8, 4) is 22.6 Å². The lowest BCUT2D eigenvalue weighted by atomic mass is 9.92. The van der Waals surface area contributed by atoms with Crippen molar-refractivity contribution in [1.82, 2.24) is 29.5 Å². The molecule has 9 nitrogen and oxygen atoms in total. The van der Waals surface area contributed by atoms with E-state index in [1.165, 1.54) is 5.56 Å². The van der Waals surface area contributed by atoms with Gasteiger partial charge in [-0.2, -0.15) is 9.61 Å². The SMILES string of the molecule is CN(Cc1ccccc1)c1cc(-c2cnc3n([C@@H]4CCCC[C@H]4O)cccc2-3)nc2c(C(=O)NC3CC3)cnn12. The van der Waals surface area contributed by atoms with E-state index in [9.17, 15) is 9.90 Å². The number of aliphatic hydroxyl groups is 1. The molecule has 2 N–H and O–H groups in total. The van der Waals surface area contributed by atoms with Gasteiger partial charge >= 0.3 is 0 Å². The van der Waals surface area contributed by atoms with Gasteiger partial charge in [-0.15, -0.1) is 0 Å². The Kier molecular flexibility index (Phi) is 6.23. The fourth-order valence-electron chi connectivity index (χ4n) is 5.89. The Hall–Kier alpha value is -4.24. The average Bonchev–Trinajstić information content (AvgIpc) is 3.50. The molecular formula is C31H33N7O2. The van der Waals surface area contributed by atoms with E-state index in [-0.39, 0.29) is 24.1 Å². The predicted octanol–water partition coefficient (Wildman–Crippen LogP) is 4.70. The Labute approximate surface area is 232 Å². The van der Waals surface area contributed by atoms with E-state index in [0.29, 0.717) is 17.8 Å². The summed E-state index contributed by atoms with van der Waals surface area (Å²) in [4.78, 5) is 25.1. The molecular weight excluding hydrogens is 502 g/mol. The van der Waals surface area contributed by atoms with E-state index in [2.05, 4.69) is 38.1 Å². The highest BCUT2D eigenvalue weighted by Gasteiger charge is 2.29. The molecule has 0 radical (unpaired) electrons. The van der Waals surface area contributed by atoms with Crippen LogP contribution >= 0.6 is 0 Å². The molecule has 2 aliphatic heterocycles. The van der Waals surface area contributed by atoms with Crippen LogP contribution in [0.3, 0.4) is 0 Å². The van der Waals surface area contributed by atoms with Gasteiger partial charge in [0.25, 0.3) is 5.91 Å². The van der Waals surface area contributed by atoms with E-state index in [4.69, 9.17) is 9.97 Å². The summed E-state index contributed by atoms with van der Waals surface area (Å²) in [5, 5.41) is 18.4. The molecule has 2 saturated carbocycles. The highest BCUT2D eigenvalue weighted by atomic mass is 16.3. The maximum absolute atomic E-state index is 13.1. The number of rotatable bonds is 7. The van der Waals surface area contributed by atoms with Crippen molar-refractivity contribution < 1.29 is 9.90 Å². The summed E-state index contributed by atoms with van der Waals surface area (Å²) in [6.07, 6.45) is 11.0. The van der Waals surface area contributed by atoms with Crippen molar-refractivity contribution in [2.75, 3.05) is 11.9 Å². The summed E-state index contributed by atoms with van der Waals surface area (Å²) >= 11 is 0. The minimum absolute atomic E-state index is 0.00996. The number of hydrogen-bond acceptors (Lipinski definition) is 6. The van der Waals surface area contributed by atoms with Crippen LogP contribution in [0.1, 0.15) is 60.5 Å². The largest absolute Gasteiger partial charge is 0.391 e. The topological polar surface area (TPSA) is 101 Å².